The molecule has 0 heterocycles. The second-order valence-electron chi connectivity index (χ2n) is 1.21. The van der Waals surface area contributed by atoms with E-state index in [4.69, 9.17) is 0 Å². The summed E-state index contributed by atoms with van der Waals surface area (Å²) in [6, 6.07) is 0. The summed E-state index contributed by atoms with van der Waals surface area (Å²) < 4.78 is 0. The van der Waals surface area contributed by atoms with Crippen molar-refractivity contribution in [2.75, 3.05) is 0 Å². The van der Waals surface area contributed by atoms with Crippen LogP contribution < -0.4 is 0 Å². The van der Waals surface area contributed by atoms with Gasteiger partial charge in [0.25, 0.3) is 0 Å². The van der Waals surface area contributed by atoms with Crippen molar-refractivity contribution < 1.29 is 31.7 Å². The molecule has 1 nitrogen and oxygen atoms in total. The fraction of sp³-hybridized carbons (Fsp3) is 0.800. The normalized spacial score (nSPS) is 6.00. The maximum atomic E-state index is 3.68. The number of unbranched alkanes of at least 4 members (excludes halogenated alkanes) is 2. The minimum Gasteiger partial charge on any atom is -0.870 e. The van der Waals surface area contributed by atoms with E-state index in [0.717, 1.165) is 6.42 Å². The van der Waals surface area contributed by atoms with E-state index < -0.39 is 0 Å². The Labute approximate surface area is 64.9 Å². The monoisotopic (exact) mass is 178 g/mol. The first-order valence-corrected chi connectivity index (χ1v) is 2.21. The molecule has 1 N–H and O–H groups in total. The molecule has 0 saturated heterocycles. The Morgan fingerprint density at radius 3 is 1.86 bits per heavy atom. The van der Waals surface area contributed by atoms with E-state index in [1.165, 1.54) is 12.8 Å². The van der Waals surface area contributed by atoms with Gasteiger partial charge in [-0.05, 0) is 0 Å². The van der Waals surface area contributed by atoms with Crippen LogP contribution in [0.2, 0.25) is 0 Å². The van der Waals surface area contributed by atoms with Crippen molar-refractivity contribution in [1.29, 1.82) is 0 Å². The van der Waals surface area contributed by atoms with Crippen LogP contribution in [0.4, 0.5) is 0 Å². The van der Waals surface area contributed by atoms with Gasteiger partial charge in [0.05, 0.1) is 0 Å². The predicted molar refractivity (Wildman–Crippen MR) is 26.8 cm³/mol. The number of hydrogen-bond acceptors (Lipinski definition) is 1. The Hall–Kier alpha value is 0.843. The molecule has 0 fully saturated rings. The molecule has 0 amide bonds. The van der Waals surface area contributed by atoms with Gasteiger partial charge in [-0.1, -0.05) is 19.8 Å². The molecule has 0 atom stereocenters. The van der Waals surface area contributed by atoms with Crippen molar-refractivity contribution in [3.63, 3.8) is 0 Å². The maximum Gasteiger partial charge on any atom is 2.00 e. The molecule has 0 aromatic heterocycles. The molecule has 0 rings (SSSR count). The maximum absolute atomic E-state index is 3.68. The zero-order valence-corrected chi connectivity index (χ0v) is 7.23. The molecule has 0 spiro atoms. The average Bonchev–Trinajstić information content (AvgIpc) is 1.41. The Kier molecular flexibility index (Phi) is 35.4. The predicted octanol–water partition coefficient (Wildman–Crippen LogP) is 1.83. The first kappa shape index (κ1) is 15.7. The first-order valence-electron chi connectivity index (χ1n) is 2.21. The van der Waals surface area contributed by atoms with Gasteiger partial charge in [-0.3, -0.25) is 0 Å². The third-order valence-corrected chi connectivity index (χ3v) is 0.604. The quantitative estimate of drug-likeness (QED) is 0.595. The third-order valence-electron chi connectivity index (χ3n) is 0.604. The summed E-state index contributed by atoms with van der Waals surface area (Å²) in [4.78, 5) is 0. The van der Waals surface area contributed by atoms with Gasteiger partial charge in [-0.25, -0.2) is 0 Å². The van der Waals surface area contributed by atoms with Crippen LogP contribution in [0.5, 0.6) is 0 Å². The van der Waals surface area contributed by atoms with E-state index in [2.05, 4.69) is 13.8 Å². The van der Waals surface area contributed by atoms with E-state index in [0.29, 0.717) is 0 Å². The smallest absolute Gasteiger partial charge is 0.870 e. The Morgan fingerprint density at radius 2 is 1.86 bits per heavy atom. The summed E-state index contributed by atoms with van der Waals surface area (Å²) in [5.41, 5.74) is 0. The van der Waals surface area contributed by atoms with Gasteiger partial charge in [0.2, 0.25) is 0 Å². The summed E-state index contributed by atoms with van der Waals surface area (Å²) in [5.74, 6) is 0. The molecule has 0 aromatic carbocycles. The zero-order valence-electron chi connectivity index (χ0n) is 4.78. The summed E-state index contributed by atoms with van der Waals surface area (Å²) in [7, 11) is 0. The van der Waals surface area contributed by atoms with E-state index in [1.807, 2.05) is 0 Å². The summed E-state index contributed by atoms with van der Waals surface area (Å²) in [6.07, 6.45) is 3.65. The van der Waals surface area contributed by atoms with Gasteiger partial charge in [-0.15, -0.1) is 0 Å². The van der Waals surface area contributed by atoms with Crippen molar-refractivity contribution in [2.24, 2.45) is 0 Å². The molecule has 0 radical (unpaired) electrons. The molecular formula is C5H12OZr. The van der Waals surface area contributed by atoms with Crippen LogP contribution in [0.15, 0.2) is 0 Å². The van der Waals surface area contributed by atoms with Crippen LogP contribution in [-0.2, 0) is 26.2 Å². The van der Waals surface area contributed by atoms with Crippen LogP contribution in [0.3, 0.4) is 0 Å². The minimum atomic E-state index is 0. The molecule has 0 aliphatic heterocycles. The molecule has 0 bridgehead atoms. The average molecular weight is 179 g/mol. The summed E-state index contributed by atoms with van der Waals surface area (Å²) in [5, 5.41) is 0. The molecule has 2 heteroatoms. The topological polar surface area (TPSA) is 30.0 Å². The van der Waals surface area contributed by atoms with E-state index in [9.17, 15) is 0 Å². The van der Waals surface area contributed by atoms with Crippen molar-refractivity contribution >= 4 is 0 Å². The van der Waals surface area contributed by atoms with E-state index >= 15 is 0 Å². The van der Waals surface area contributed by atoms with Gasteiger partial charge in [0, 0.05) is 0 Å². The van der Waals surface area contributed by atoms with Crippen molar-refractivity contribution in [2.45, 2.75) is 26.2 Å². The SMILES string of the molecule is [CH2-]CCCC.[OH-].[Zr+2]. The fourth-order valence-corrected chi connectivity index (χ4v) is 0.250. The molecule has 0 aliphatic carbocycles. The summed E-state index contributed by atoms with van der Waals surface area (Å²) in [6.45, 7) is 5.85. The van der Waals surface area contributed by atoms with Crippen molar-refractivity contribution in [3.05, 3.63) is 6.92 Å². The van der Waals surface area contributed by atoms with Gasteiger partial charge < -0.3 is 12.4 Å². The minimum absolute atomic E-state index is 0. The first-order chi connectivity index (χ1) is 2.41. The molecule has 0 unspecified atom stereocenters. The van der Waals surface area contributed by atoms with Gasteiger partial charge in [0.15, 0.2) is 0 Å². The standard InChI is InChI=1S/C5H11.H2O.Zr/c1-3-5-4-2;;/h1,3-5H2,2H3;1H2;/q-1;;+2/p-1. The van der Waals surface area contributed by atoms with E-state index in [-0.39, 0.29) is 31.7 Å². The van der Waals surface area contributed by atoms with Crippen LogP contribution in [0.1, 0.15) is 26.2 Å². The Morgan fingerprint density at radius 1 is 1.43 bits per heavy atom. The van der Waals surface area contributed by atoms with Crippen molar-refractivity contribution in [1.82, 2.24) is 0 Å². The molecule has 42 valence electrons. The second-order valence-corrected chi connectivity index (χ2v) is 1.21. The molecule has 0 aliphatic rings. The number of rotatable bonds is 2. The van der Waals surface area contributed by atoms with Gasteiger partial charge >= 0.3 is 26.2 Å². The Bertz CT molecular complexity index is 15.6. The zero-order chi connectivity index (χ0) is 4.12. The molecule has 7 heavy (non-hydrogen) atoms. The van der Waals surface area contributed by atoms with Crippen LogP contribution in [-0.4, -0.2) is 5.48 Å². The van der Waals surface area contributed by atoms with Gasteiger partial charge in [0.1, 0.15) is 0 Å². The summed E-state index contributed by atoms with van der Waals surface area (Å²) >= 11 is 0. The number of hydrogen-bond donors (Lipinski definition) is 0. The second kappa shape index (κ2) is 15.8. The van der Waals surface area contributed by atoms with Crippen LogP contribution >= 0.6 is 0 Å². The molecular weight excluding hydrogens is 167 g/mol. The molecule has 0 saturated carbocycles. The van der Waals surface area contributed by atoms with Crippen LogP contribution in [0, 0.1) is 6.92 Å². The van der Waals surface area contributed by atoms with Crippen LogP contribution in [0.25, 0.3) is 0 Å². The Balaban J connectivity index is -0.0000000800. The fourth-order valence-electron chi connectivity index (χ4n) is 0.250. The van der Waals surface area contributed by atoms with Gasteiger partial charge in [-0.2, -0.15) is 6.42 Å². The third kappa shape index (κ3) is 19.9. The molecule has 0 aromatic rings. The van der Waals surface area contributed by atoms with E-state index in [1.54, 1.807) is 0 Å². The largest absolute Gasteiger partial charge is 2.00 e. The van der Waals surface area contributed by atoms with Crippen molar-refractivity contribution in [3.8, 4) is 0 Å².